The molecule has 0 unspecified atom stereocenters. The summed E-state index contributed by atoms with van der Waals surface area (Å²) in [7, 11) is 0. The van der Waals surface area contributed by atoms with Crippen molar-refractivity contribution in [3.8, 4) is 0 Å². The monoisotopic (exact) mass is 336 g/mol. The minimum atomic E-state index is -0.341. The fourth-order valence-electron chi connectivity index (χ4n) is 2.32. The third kappa shape index (κ3) is 3.31. The van der Waals surface area contributed by atoms with Gasteiger partial charge in [0.2, 0.25) is 5.95 Å². The maximum atomic E-state index is 12.3. The second kappa shape index (κ2) is 6.50. The molecule has 3 rings (SSSR count). The van der Waals surface area contributed by atoms with Crippen LogP contribution in [0.1, 0.15) is 23.3 Å². The predicted octanol–water partition coefficient (Wildman–Crippen LogP) is 3.64. The number of nitrogens with one attached hydrogen (secondary N) is 1. The molecule has 1 aliphatic rings. The van der Waals surface area contributed by atoms with Crippen LogP contribution < -0.4 is 10.2 Å². The van der Waals surface area contributed by atoms with Crippen LogP contribution in [0, 0.1) is 0 Å². The van der Waals surface area contributed by atoms with Crippen LogP contribution in [0.3, 0.4) is 0 Å². The van der Waals surface area contributed by atoms with Gasteiger partial charge in [0.1, 0.15) is 5.69 Å². The molecule has 5 nitrogen and oxygen atoms in total. The highest BCUT2D eigenvalue weighted by Crippen LogP contribution is 2.26. The number of amides is 1. The van der Waals surface area contributed by atoms with Crippen molar-refractivity contribution in [1.82, 2.24) is 9.97 Å². The Bertz CT molecular complexity index is 702. The van der Waals surface area contributed by atoms with E-state index in [4.69, 9.17) is 23.2 Å². The zero-order valence-electron chi connectivity index (χ0n) is 11.7. The summed E-state index contributed by atoms with van der Waals surface area (Å²) in [5.74, 6) is 0.245. The first-order valence-corrected chi connectivity index (χ1v) is 7.73. The van der Waals surface area contributed by atoms with E-state index >= 15 is 0 Å². The normalized spacial score (nSPS) is 14.2. The molecule has 0 spiro atoms. The van der Waals surface area contributed by atoms with Crippen LogP contribution in [0.5, 0.6) is 0 Å². The number of hydrogen-bond donors (Lipinski definition) is 1. The van der Waals surface area contributed by atoms with E-state index in [9.17, 15) is 4.79 Å². The number of halogens is 2. The van der Waals surface area contributed by atoms with Crippen molar-refractivity contribution in [2.45, 2.75) is 12.8 Å². The third-order valence-corrected chi connectivity index (χ3v) is 4.01. The van der Waals surface area contributed by atoms with Gasteiger partial charge in [-0.1, -0.05) is 23.2 Å². The van der Waals surface area contributed by atoms with E-state index in [2.05, 4.69) is 20.2 Å². The van der Waals surface area contributed by atoms with E-state index in [1.165, 1.54) is 0 Å². The number of anilines is 2. The summed E-state index contributed by atoms with van der Waals surface area (Å²) in [6, 6.07) is 6.47. The predicted molar refractivity (Wildman–Crippen MR) is 87.9 cm³/mol. The molecule has 22 heavy (non-hydrogen) atoms. The quantitative estimate of drug-likeness (QED) is 0.929. The molecule has 1 saturated heterocycles. The number of carbonyl (C=O) groups excluding carboxylic acids is 1. The third-order valence-electron chi connectivity index (χ3n) is 3.44. The molecule has 1 fully saturated rings. The summed E-state index contributed by atoms with van der Waals surface area (Å²) in [5, 5.41) is 3.64. The van der Waals surface area contributed by atoms with Crippen LogP contribution in [0.15, 0.2) is 30.5 Å². The van der Waals surface area contributed by atoms with E-state index in [0.29, 0.717) is 27.4 Å². The second-order valence-corrected chi connectivity index (χ2v) is 5.86. The van der Waals surface area contributed by atoms with Gasteiger partial charge in [-0.25, -0.2) is 9.97 Å². The maximum Gasteiger partial charge on any atom is 0.274 e. The van der Waals surface area contributed by atoms with E-state index in [1.807, 2.05) is 0 Å². The Morgan fingerprint density at radius 1 is 1.18 bits per heavy atom. The molecule has 0 saturated carbocycles. The lowest BCUT2D eigenvalue weighted by atomic mass is 10.3. The van der Waals surface area contributed by atoms with Crippen LogP contribution in [-0.4, -0.2) is 29.0 Å². The van der Waals surface area contributed by atoms with Crippen LogP contribution in [0.4, 0.5) is 11.6 Å². The number of benzene rings is 1. The lowest BCUT2D eigenvalue weighted by Crippen LogP contribution is -2.22. The molecular formula is C15H14Cl2N4O. The zero-order valence-corrected chi connectivity index (χ0v) is 13.2. The molecule has 0 atom stereocenters. The minimum absolute atomic E-state index is 0.299. The van der Waals surface area contributed by atoms with Crippen molar-refractivity contribution in [3.63, 3.8) is 0 Å². The summed E-state index contributed by atoms with van der Waals surface area (Å²) >= 11 is 12.0. The molecule has 2 heterocycles. The number of carbonyl (C=O) groups is 1. The lowest BCUT2D eigenvalue weighted by Gasteiger charge is -2.15. The molecule has 7 heteroatoms. The standard InChI is InChI=1S/C15H14Cl2N4O/c16-10-3-4-11(17)13(9-10)19-14(22)12-5-6-18-15(20-12)21-7-1-2-8-21/h3-6,9H,1-2,7-8H2,(H,19,22). The Kier molecular flexibility index (Phi) is 4.45. The molecule has 1 aromatic heterocycles. The molecule has 0 bridgehead atoms. The Morgan fingerprint density at radius 2 is 1.95 bits per heavy atom. The number of rotatable bonds is 3. The maximum absolute atomic E-state index is 12.3. The van der Waals surface area contributed by atoms with Crippen molar-refractivity contribution >= 4 is 40.7 Å². The lowest BCUT2D eigenvalue weighted by molar-refractivity contribution is 0.102. The second-order valence-electron chi connectivity index (χ2n) is 5.01. The fraction of sp³-hybridized carbons (Fsp3) is 0.267. The van der Waals surface area contributed by atoms with Crippen molar-refractivity contribution in [1.29, 1.82) is 0 Å². The van der Waals surface area contributed by atoms with Crippen molar-refractivity contribution in [2.75, 3.05) is 23.3 Å². The van der Waals surface area contributed by atoms with Crippen LogP contribution in [0.2, 0.25) is 10.0 Å². The average molecular weight is 337 g/mol. The Labute approximate surface area is 138 Å². The smallest absolute Gasteiger partial charge is 0.274 e. The molecular weight excluding hydrogens is 323 g/mol. The van der Waals surface area contributed by atoms with Crippen molar-refractivity contribution in [3.05, 3.63) is 46.2 Å². The average Bonchev–Trinajstić information content (AvgIpc) is 3.05. The van der Waals surface area contributed by atoms with Gasteiger partial charge in [-0.3, -0.25) is 4.79 Å². The number of hydrogen-bond acceptors (Lipinski definition) is 4. The Balaban J connectivity index is 1.80. The van der Waals surface area contributed by atoms with Gasteiger partial charge in [0, 0.05) is 24.3 Å². The van der Waals surface area contributed by atoms with Gasteiger partial charge >= 0.3 is 0 Å². The van der Waals surface area contributed by atoms with Crippen molar-refractivity contribution < 1.29 is 4.79 Å². The SMILES string of the molecule is O=C(Nc1cc(Cl)ccc1Cl)c1ccnc(N2CCCC2)n1. The van der Waals surface area contributed by atoms with Crippen LogP contribution in [0.25, 0.3) is 0 Å². The van der Waals surface area contributed by atoms with Gasteiger partial charge in [0.25, 0.3) is 5.91 Å². The topological polar surface area (TPSA) is 58.1 Å². The molecule has 1 amide bonds. The summed E-state index contributed by atoms with van der Waals surface area (Å²) in [6.07, 6.45) is 3.84. The molecule has 0 radical (unpaired) electrons. The van der Waals surface area contributed by atoms with E-state index < -0.39 is 0 Å². The van der Waals surface area contributed by atoms with E-state index in [0.717, 1.165) is 25.9 Å². The van der Waals surface area contributed by atoms with Gasteiger partial charge in [-0.2, -0.15) is 0 Å². The summed E-state index contributed by atoms with van der Waals surface area (Å²) in [4.78, 5) is 23.0. The van der Waals surface area contributed by atoms with Gasteiger partial charge < -0.3 is 10.2 Å². The van der Waals surface area contributed by atoms with Gasteiger partial charge in [0.15, 0.2) is 0 Å². The highest BCUT2D eigenvalue weighted by molar-refractivity contribution is 6.35. The Morgan fingerprint density at radius 3 is 2.73 bits per heavy atom. The van der Waals surface area contributed by atoms with Crippen LogP contribution in [-0.2, 0) is 0 Å². The fourth-order valence-corrected chi connectivity index (χ4v) is 2.66. The van der Waals surface area contributed by atoms with E-state index in [1.54, 1.807) is 30.5 Å². The van der Waals surface area contributed by atoms with Crippen LogP contribution >= 0.6 is 23.2 Å². The van der Waals surface area contributed by atoms with Gasteiger partial charge in [-0.05, 0) is 37.1 Å². The number of aromatic nitrogens is 2. The summed E-state index contributed by atoms with van der Waals surface area (Å²) in [5.41, 5.74) is 0.758. The van der Waals surface area contributed by atoms with Gasteiger partial charge in [0.05, 0.1) is 10.7 Å². The number of nitrogens with zero attached hydrogens (tertiary/aromatic N) is 3. The van der Waals surface area contributed by atoms with E-state index in [-0.39, 0.29) is 5.91 Å². The highest BCUT2D eigenvalue weighted by atomic mass is 35.5. The minimum Gasteiger partial charge on any atom is -0.341 e. The summed E-state index contributed by atoms with van der Waals surface area (Å²) in [6.45, 7) is 1.84. The first-order valence-electron chi connectivity index (χ1n) is 6.98. The molecule has 1 N–H and O–H groups in total. The highest BCUT2D eigenvalue weighted by Gasteiger charge is 2.17. The molecule has 0 aliphatic carbocycles. The largest absolute Gasteiger partial charge is 0.341 e. The zero-order chi connectivity index (χ0) is 15.5. The van der Waals surface area contributed by atoms with Gasteiger partial charge in [-0.15, -0.1) is 0 Å². The molecule has 114 valence electrons. The first kappa shape index (κ1) is 15.1. The summed E-state index contributed by atoms with van der Waals surface area (Å²) < 4.78 is 0. The van der Waals surface area contributed by atoms with Crippen molar-refractivity contribution in [2.24, 2.45) is 0 Å². The molecule has 1 aromatic carbocycles. The first-order chi connectivity index (χ1) is 10.6. The molecule has 1 aliphatic heterocycles. The molecule has 2 aromatic rings. The Hall–Kier alpha value is -1.85.